The predicted molar refractivity (Wildman–Crippen MR) is 85.6 cm³/mol. The summed E-state index contributed by atoms with van der Waals surface area (Å²) in [5, 5.41) is 6.68. The number of halogens is 1. The van der Waals surface area contributed by atoms with E-state index in [9.17, 15) is 0 Å². The largest absolute Gasteiger partial charge is 0.369 e. The first-order valence-electron chi connectivity index (χ1n) is 6.84. The summed E-state index contributed by atoms with van der Waals surface area (Å²) < 4.78 is 0.907. The number of hydrogen-bond donors (Lipinski definition) is 2. The van der Waals surface area contributed by atoms with E-state index in [1.165, 1.54) is 0 Å². The molecule has 0 radical (unpaired) electrons. The van der Waals surface area contributed by atoms with Gasteiger partial charge in [0.1, 0.15) is 22.4 Å². The monoisotopic (exact) mass is 328 g/mol. The summed E-state index contributed by atoms with van der Waals surface area (Å²) in [6.07, 6.45) is 2.66. The van der Waals surface area contributed by atoms with E-state index in [1.807, 2.05) is 0 Å². The Morgan fingerprint density at radius 1 is 1.21 bits per heavy atom. The standard InChI is InChI=1S/C14H25BrN4/c1-6-7-16-12-11(15)13(19-9-18-12)17-8-10(2)14(3,4)5/h9-10H,6-8H2,1-5H3,(H2,16,17,18,19). The van der Waals surface area contributed by atoms with Gasteiger partial charge in [-0.25, -0.2) is 9.97 Å². The second kappa shape index (κ2) is 7.08. The normalized spacial score (nSPS) is 13.2. The molecule has 0 saturated carbocycles. The Hall–Kier alpha value is -0.840. The van der Waals surface area contributed by atoms with Crippen LogP contribution in [0.15, 0.2) is 10.8 Å². The van der Waals surface area contributed by atoms with Crippen molar-refractivity contribution in [2.45, 2.75) is 41.0 Å². The van der Waals surface area contributed by atoms with Crippen LogP contribution in [-0.4, -0.2) is 23.1 Å². The minimum absolute atomic E-state index is 0.287. The number of rotatable bonds is 6. The zero-order chi connectivity index (χ0) is 14.5. The third-order valence-electron chi connectivity index (χ3n) is 3.39. The van der Waals surface area contributed by atoms with Crippen LogP contribution >= 0.6 is 15.9 Å². The molecule has 1 atom stereocenters. The highest BCUT2D eigenvalue weighted by Crippen LogP contribution is 2.29. The fourth-order valence-corrected chi connectivity index (χ4v) is 1.90. The SMILES string of the molecule is CCCNc1ncnc(NCC(C)C(C)(C)C)c1Br. The van der Waals surface area contributed by atoms with Gasteiger partial charge in [0, 0.05) is 13.1 Å². The van der Waals surface area contributed by atoms with Gasteiger partial charge in [0.25, 0.3) is 0 Å². The number of aromatic nitrogens is 2. The zero-order valence-electron chi connectivity index (χ0n) is 12.5. The lowest BCUT2D eigenvalue weighted by molar-refractivity contribution is 0.274. The first-order valence-corrected chi connectivity index (χ1v) is 7.63. The summed E-state index contributed by atoms with van der Waals surface area (Å²) in [6.45, 7) is 12.9. The van der Waals surface area contributed by atoms with Gasteiger partial charge in [0.05, 0.1) is 0 Å². The second-order valence-corrected chi connectivity index (χ2v) is 6.75. The average Bonchev–Trinajstić information content (AvgIpc) is 2.34. The fraction of sp³-hybridized carbons (Fsp3) is 0.714. The molecule has 0 aliphatic rings. The van der Waals surface area contributed by atoms with Gasteiger partial charge in [-0.05, 0) is 33.7 Å². The average molecular weight is 329 g/mol. The maximum absolute atomic E-state index is 4.29. The maximum Gasteiger partial charge on any atom is 0.145 e. The summed E-state index contributed by atoms with van der Waals surface area (Å²) in [4.78, 5) is 8.54. The van der Waals surface area contributed by atoms with E-state index in [0.717, 1.165) is 35.6 Å². The fourth-order valence-electron chi connectivity index (χ4n) is 1.42. The Morgan fingerprint density at radius 3 is 2.32 bits per heavy atom. The highest BCUT2D eigenvalue weighted by Gasteiger charge is 2.20. The Labute approximate surface area is 124 Å². The maximum atomic E-state index is 4.29. The third-order valence-corrected chi connectivity index (χ3v) is 4.14. The van der Waals surface area contributed by atoms with Crippen molar-refractivity contribution in [3.63, 3.8) is 0 Å². The Bertz CT molecular complexity index is 401. The molecular weight excluding hydrogens is 304 g/mol. The lowest BCUT2D eigenvalue weighted by Crippen LogP contribution is -2.25. The summed E-state index contributed by atoms with van der Waals surface area (Å²) in [7, 11) is 0. The van der Waals surface area contributed by atoms with Crippen molar-refractivity contribution in [1.82, 2.24) is 9.97 Å². The van der Waals surface area contributed by atoms with Crippen LogP contribution in [0, 0.1) is 11.3 Å². The van der Waals surface area contributed by atoms with Crippen LogP contribution in [0.3, 0.4) is 0 Å². The smallest absolute Gasteiger partial charge is 0.145 e. The van der Waals surface area contributed by atoms with Crippen LogP contribution in [0.1, 0.15) is 41.0 Å². The van der Waals surface area contributed by atoms with E-state index >= 15 is 0 Å². The molecular formula is C14H25BrN4. The van der Waals surface area contributed by atoms with Crippen LogP contribution in [-0.2, 0) is 0 Å². The van der Waals surface area contributed by atoms with Gasteiger partial charge < -0.3 is 10.6 Å². The van der Waals surface area contributed by atoms with Crippen molar-refractivity contribution < 1.29 is 0 Å². The van der Waals surface area contributed by atoms with Crippen molar-refractivity contribution in [3.05, 3.63) is 10.8 Å². The minimum atomic E-state index is 0.287. The Balaban J connectivity index is 2.69. The molecule has 1 aromatic heterocycles. The molecule has 2 N–H and O–H groups in total. The molecule has 1 heterocycles. The first kappa shape index (κ1) is 16.2. The summed E-state index contributed by atoms with van der Waals surface area (Å²) >= 11 is 3.56. The van der Waals surface area contributed by atoms with Gasteiger partial charge in [-0.15, -0.1) is 0 Å². The molecule has 5 heteroatoms. The van der Waals surface area contributed by atoms with Crippen LogP contribution in [0.4, 0.5) is 11.6 Å². The van der Waals surface area contributed by atoms with Gasteiger partial charge in [-0.3, -0.25) is 0 Å². The molecule has 0 fully saturated rings. The quantitative estimate of drug-likeness (QED) is 0.823. The zero-order valence-corrected chi connectivity index (χ0v) is 14.1. The van der Waals surface area contributed by atoms with Gasteiger partial charge in [0.15, 0.2) is 0 Å². The van der Waals surface area contributed by atoms with Gasteiger partial charge in [0.2, 0.25) is 0 Å². The molecule has 0 aliphatic carbocycles. The lowest BCUT2D eigenvalue weighted by atomic mass is 9.82. The van der Waals surface area contributed by atoms with E-state index in [2.05, 4.69) is 71.2 Å². The highest BCUT2D eigenvalue weighted by molar-refractivity contribution is 9.10. The van der Waals surface area contributed by atoms with Crippen LogP contribution in [0.5, 0.6) is 0 Å². The molecule has 19 heavy (non-hydrogen) atoms. The number of hydrogen-bond acceptors (Lipinski definition) is 4. The van der Waals surface area contributed by atoms with E-state index in [1.54, 1.807) is 6.33 Å². The molecule has 108 valence electrons. The summed E-state index contributed by atoms with van der Waals surface area (Å²) in [5.41, 5.74) is 0.287. The molecule has 0 amide bonds. The molecule has 0 aromatic carbocycles. The highest BCUT2D eigenvalue weighted by atomic mass is 79.9. The first-order chi connectivity index (χ1) is 8.86. The molecule has 0 spiro atoms. The predicted octanol–water partition coefficient (Wildman–Crippen LogP) is 4.16. The molecule has 0 saturated heterocycles. The van der Waals surface area contributed by atoms with Crippen molar-refractivity contribution in [2.75, 3.05) is 23.7 Å². The van der Waals surface area contributed by atoms with E-state index in [0.29, 0.717) is 5.92 Å². The summed E-state index contributed by atoms with van der Waals surface area (Å²) in [6, 6.07) is 0. The number of nitrogens with one attached hydrogen (secondary N) is 2. The Kier molecular flexibility index (Phi) is 6.04. The molecule has 1 rings (SSSR count). The minimum Gasteiger partial charge on any atom is -0.369 e. The lowest BCUT2D eigenvalue weighted by Gasteiger charge is -2.27. The van der Waals surface area contributed by atoms with Crippen molar-refractivity contribution in [1.29, 1.82) is 0 Å². The van der Waals surface area contributed by atoms with Crippen molar-refractivity contribution >= 4 is 27.6 Å². The topological polar surface area (TPSA) is 49.8 Å². The van der Waals surface area contributed by atoms with Gasteiger partial charge >= 0.3 is 0 Å². The van der Waals surface area contributed by atoms with Crippen molar-refractivity contribution in [3.8, 4) is 0 Å². The third kappa shape index (κ3) is 4.97. The van der Waals surface area contributed by atoms with E-state index < -0.39 is 0 Å². The molecule has 4 nitrogen and oxygen atoms in total. The number of nitrogens with zero attached hydrogens (tertiary/aromatic N) is 2. The summed E-state index contributed by atoms with van der Waals surface area (Å²) in [5.74, 6) is 2.26. The van der Waals surface area contributed by atoms with Crippen LogP contribution < -0.4 is 10.6 Å². The Morgan fingerprint density at radius 2 is 1.79 bits per heavy atom. The van der Waals surface area contributed by atoms with Crippen LogP contribution in [0.2, 0.25) is 0 Å². The molecule has 1 unspecified atom stereocenters. The van der Waals surface area contributed by atoms with E-state index in [-0.39, 0.29) is 5.41 Å². The second-order valence-electron chi connectivity index (χ2n) is 5.96. The molecule has 0 bridgehead atoms. The van der Waals surface area contributed by atoms with Crippen molar-refractivity contribution in [2.24, 2.45) is 11.3 Å². The van der Waals surface area contributed by atoms with Crippen LogP contribution in [0.25, 0.3) is 0 Å². The number of anilines is 2. The van der Waals surface area contributed by atoms with Gasteiger partial charge in [-0.2, -0.15) is 0 Å². The van der Waals surface area contributed by atoms with E-state index in [4.69, 9.17) is 0 Å². The van der Waals surface area contributed by atoms with Gasteiger partial charge in [-0.1, -0.05) is 34.6 Å². The molecule has 0 aliphatic heterocycles. The molecule has 1 aromatic rings.